The van der Waals surface area contributed by atoms with E-state index < -0.39 is 11.6 Å². The van der Waals surface area contributed by atoms with Crippen molar-refractivity contribution in [2.24, 2.45) is 11.7 Å². The third-order valence-corrected chi connectivity index (χ3v) is 3.53. The van der Waals surface area contributed by atoms with Gasteiger partial charge >= 0.3 is 0 Å². The zero-order valence-electron chi connectivity index (χ0n) is 8.76. The first-order valence-corrected chi connectivity index (χ1v) is 5.29. The molecule has 3 heteroatoms. The van der Waals surface area contributed by atoms with Crippen molar-refractivity contribution in [2.45, 2.75) is 25.2 Å². The summed E-state index contributed by atoms with van der Waals surface area (Å²) in [7, 11) is 0. The molecule has 1 aliphatic carbocycles. The fraction of sp³-hybridized carbons (Fsp3) is 0.500. The SMILES string of the molecule is CCC1CC1(CN)c1cc(F)cc(F)c1. The van der Waals surface area contributed by atoms with Crippen molar-refractivity contribution in [1.29, 1.82) is 0 Å². The van der Waals surface area contributed by atoms with E-state index in [0.717, 1.165) is 18.9 Å². The molecule has 2 rings (SSSR count). The molecule has 0 bridgehead atoms. The Balaban J connectivity index is 2.37. The quantitative estimate of drug-likeness (QED) is 0.817. The van der Waals surface area contributed by atoms with Crippen LogP contribution >= 0.6 is 0 Å². The highest BCUT2D eigenvalue weighted by Gasteiger charge is 2.53. The molecule has 1 aliphatic rings. The highest BCUT2D eigenvalue weighted by Crippen LogP contribution is 2.55. The van der Waals surface area contributed by atoms with E-state index in [1.807, 2.05) is 0 Å². The van der Waals surface area contributed by atoms with Gasteiger partial charge in [0, 0.05) is 18.0 Å². The van der Waals surface area contributed by atoms with Gasteiger partial charge in [-0.15, -0.1) is 0 Å². The highest BCUT2D eigenvalue weighted by atomic mass is 19.1. The Hall–Kier alpha value is -0.960. The summed E-state index contributed by atoms with van der Waals surface area (Å²) in [4.78, 5) is 0. The molecule has 2 N–H and O–H groups in total. The molecule has 0 heterocycles. The molecule has 1 nitrogen and oxygen atoms in total. The van der Waals surface area contributed by atoms with Crippen LogP contribution in [0.3, 0.4) is 0 Å². The molecule has 1 aromatic carbocycles. The van der Waals surface area contributed by atoms with Crippen LogP contribution in [0.4, 0.5) is 8.78 Å². The summed E-state index contributed by atoms with van der Waals surface area (Å²) in [5, 5.41) is 0. The van der Waals surface area contributed by atoms with Gasteiger partial charge in [0.2, 0.25) is 0 Å². The maximum absolute atomic E-state index is 13.1. The molecule has 0 amide bonds. The van der Waals surface area contributed by atoms with Gasteiger partial charge in [-0.1, -0.05) is 13.3 Å². The lowest BCUT2D eigenvalue weighted by Gasteiger charge is -2.15. The molecule has 2 atom stereocenters. The lowest BCUT2D eigenvalue weighted by molar-refractivity contribution is 0.555. The van der Waals surface area contributed by atoms with E-state index in [4.69, 9.17) is 5.73 Å². The van der Waals surface area contributed by atoms with Gasteiger partial charge in [-0.2, -0.15) is 0 Å². The van der Waals surface area contributed by atoms with Crippen molar-refractivity contribution in [3.8, 4) is 0 Å². The first kappa shape index (κ1) is 10.6. The summed E-state index contributed by atoms with van der Waals surface area (Å²) in [6, 6.07) is 3.72. The number of nitrogens with two attached hydrogens (primary N) is 1. The summed E-state index contributed by atoms with van der Waals surface area (Å²) in [5.74, 6) is -0.553. The van der Waals surface area contributed by atoms with Gasteiger partial charge in [-0.3, -0.25) is 0 Å². The van der Waals surface area contributed by atoms with Crippen LogP contribution in [-0.4, -0.2) is 6.54 Å². The largest absolute Gasteiger partial charge is 0.330 e. The van der Waals surface area contributed by atoms with E-state index in [0.29, 0.717) is 18.0 Å². The third kappa shape index (κ3) is 1.65. The predicted molar refractivity (Wildman–Crippen MR) is 55.5 cm³/mol. The number of rotatable bonds is 3. The summed E-state index contributed by atoms with van der Waals surface area (Å²) in [6.45, 7) is 2.55. The Labute approximate surface area is 88.3 Å². The molecule has 2 unspecified atom stereocenters. The minimum Gasteiger partial charge on any atom is -0.330 e. The lowest BCUT2D eigenvalue weighted by atomic mass is 9.92. The molecule has 0 spiro atoms. The fourth-order valence-electron chi connectivity index (χ4n) is 2.48. The normalized spacial score (nSPS) is 29.2. The minimum atomic E-state index is -0.514. The third-order valence-electron chi connectivity index (χ3n) is 3.53. The van der Waals surface area contributed by atoms with Gasteiger partial charge in [0.1, 0.15) is 11.6 Å². The van der Waals surface area contributed by atoms with E-state index in [1.54, 1.807) is 0 Å². The average Bonchev–Trinajstić information content (AvgIpc) is 2.91. The van der Waals surface area contributed by atoms with Crippen molar-refractivity contribution >= 4 is 0 Å². The summed E-state index contributed by atoms with van der Waals surface area (Å²) in [5.41, 5.74) is 6.27. The zero-order chi connectivity index (χ0) is 11.1. The number of benzene rings is 1. The Morgan fingerprint density at radius 2 is 1.93 bits per heavy atom. The van der Waals surface area contributed by atoms with Crippen LogP contribution < -0.4 is 5.73 Å². The molecule has 0 aliphatic heterocycles. The van der Waals surface area contributed by atoms with Gasteiger partial charge < -0.3 is 5.73 Å². The summed E-state index contributed by atoms with van der Waals surface area (Å²) in [6.07, 6.45) is 1.96. The standard InChI is InChI=1S/C12H15F2N/c1-2-8-6-12(8,7-15)9-3-10(13)5-11(14)4-9/h3-5,8H,2,6-7,15H2,1H3. The number of halogens is 2. The van der Waals surface area contributed by atoms with Crippen molar-refractivity contribution in [2.75, 3.05) is 6.54 Å². The molecule has 0 aromatic heterocycles. The molecule has 0 radical (unpaired) electrons. The smallest absolute Gasteiger partial charge is 0.126 e. The maximum atomic E-state index is 13.1. The molecule has 1 saturated carbocycles. The second kappa shape index (κ2) is 3.56. The van der Waals surface area contributed by atoms with Gasteiger partial charge in [0.05, 0.1) is 0 Å². The van der Waals surface area contributed by atoms with Gasteiger partial charge in [-0.05, 0) is 30.0 Å². The van der Waals surface area contributed by atoms with E-state index in [2.05, 4.69) is 6.92 Å². The topological polar surface area (TPSA) is 26.0 Å². The molecule has 82 valence electrons. The minimum absolute atomic E-state index is 0.169. The molecular formula is C12H15F2N. The van der Waals surface area contributed by atoms with E-state index in [9.17, 15) is 8.78 Å². The Bertz CT molecular complexity index is 358. The van der Waals surface area contributed by atoms with E-state index in [-0.39, 0.29) is 5.41 Å². The summed E-state index contributed by atoms with van der Waals surface area (Å²) < 4.78 is 26.1. The Morgan fingerprint density at radius 1 is 1.33 bits per heavy atom. The number of hydrogen-bond acceptors (Lipinski definition) is 1. The van der Waals surface area contributed by atoms with Crippen molar-refractivity contribution in [3.05, 3.63) is 35.4 Å². The van der Waals surface area contributed by atoms with Crippen molar-refractivity contribution in [1.82, 2.24) is 0 Å². The van der Waals surface area contributed by atoms with Gasteiger partial charge in [0.25, 0.3) is 0 Å². The Morgan fingerprint density at radius 3 is 2.33 bits per heavy atom. The number of hydrogen-bond donors (Lipinski definition) is 1. The van der Waals surface area contributed by atoms with E-state index >= 15 is 0 Å². The van der Waals surface area contributed by atoms with Crippen LogP contribution in [0, 0.1) is 17.6 Å². The molecule has 15 heavy (non-hydrogen) atoms. The van der Waals surface area contributed by atoms with E-state index in [1.165, 1.54) is 12.1 Å². The van der Waals surface area contributed by atoms with Crippen LogP contribution in [-0.2, 0) is 5.41 Å². The van der Waals surface area contributed by atoms with Crippen LogP contribution in [0.2, 0.25) is 0 Å². The maximum Gasteiger partial charge on any atom is 0.126 e. The van der Waals surface area contributed by atoms with Crippen LogP contribution in [0.5, 0.6) is 0 Å². The van der Waals surface area contributed by atoms with Crippen LogP contribution in [0.25, 0.3) is 0 Å². The van der Waals surface area contributed by atoms with Gasteiger partial charge in [-0.25, -0.2) is 8.78 Å². The monoisotopic (exact) mass is 211 g/mol. The predicted octanol–water partition coefficient (Wildman–Crippen LogP) is 2.59. The molecule has 0 saturated heterocycles. The van der Waals surface area contributed by atoms with Crippen molar-refractivity contribution < 1.29 is 8.78 Å². The molecular weight excluding hydrogens is 196 g/mol. The highest BCUT2D eigenvalue weighted by molar-refractivity contribution is 5.35. The fourth-order valence-corrected chi connectivity index (χ4v) is 2.48. The van der Waals surface area contributed by atoms with Crippen LogP contribution in [0.1, 0.15) is 25.3 Å². The van der Waals surface area contributed by atoms with Gasteiger partial charge in [0.15, 0.2) is 0 Å². The second-order valence-corrected chi connectivity index (χ2v) is 4.33. The first-order chi connectivity index (χ1) is 7.12. The lowest BCUT2D eigenvalue weighted by Crippen LogP contribution is -2.22. The first-order valence-electron chi connectivity index (χ1n) is 5.29. The second-order valence-electron chi connectivity index (χ2n) is 4.33. The molecule has 1 aromatic rings. The Kier molecular flexibility index (Phi) is 2.51. The zero-order valence-corrected chi connectivity index (χ0v) is 8.76. The average molecular weight is 211 g/mol. The van der Waals surface area contributed by atoms with Crippen LogP contribution in [0.15, 0.2) is 18.2 Å². The molecule has 1 fully saturated rings. The summed E-state index contributed by atoms with van der Waals surface area (Å²) >= 11 is 0. The van der Waals surface area contributed by atoms with Crippen molar-refractivity contribution in [3.63, 3.8) is 0 Å².